The van der Waals surface area contributed by atoms with Crippen molar-refractivity contribution in [3.05, 3.63) is 60.2 Å². The van der Waals surface area contributed by atoms with Crippen LogP contribution in [0.3, 0.4) is 0 Å². The van der Waals surface area contributed by atoms with Crippen molar-refractivity contribution in [2.24, 2.45) is 0 Å². The van der Waals surface area contributed by atoms with Crippen molar-refractivity contribution >= 4 is 23.0 Å². The van der Waals surface area contributed by atoms with E-state index in [-0.39, 0.29) is 6.04 Å². The number of hydrogen-bond donors (Lipinski definition) is 2. The number of ether oxygens (including phenoxy) is 1. The summed E-state index contributed by atoms with van der Waals surface area (Å²) >= 11 is 5.34. The molecule has 0 fully saturated rings. The third-order valence-electron chi connectivity index (χ3n) is 3.07. The van der Waals surface area contributed by atoms with Crippen molar-refractivity contribution in [3.63, 3.8) is 0 Å². The molecule has 2 aromatic carbocycles. The zero-order chi connectivity index (χ0) is 15.1. The highest BCUT2D eigenvalue weighted by molar-refractivity contribution is 7.80. The first-order valence-corrected chi connectivity index (χ1v) is 7.45. The summed E-state index contributed by atoms with van der Waals surface area (Å²) in [7, 11) is 0. The number of thiocarbonyl (C=S) groups is 1. The number of hydrogen-bond acceptors (Lipinski definition) is 2. The summed E-state index contributed by atoms with van der Waals surface area (Å²) in [6, 6.07) is 18.1. The molecule has 0 saturated heterocycles. The highest BCUT2D eigenvalue weighted by Gasteiger charge is 2.06. The Hall–Kier alpha value is -2.07. The highest BCUT2D eigenvalue weighted by Crippen LogP contribution is 2.16. The van der Waals surface area contributed by atoms with Crippen LogP contribution in [0.25, 0.3) is 0 Å². The molecule has 2 aromatic rings. The normalized spacial score (nSPS) is 11.5. The van der Waals surface area contributed by atoms with E-state index < -0.39 is 0 Å². The molecule has 2 rings (SSSR count). The molecular formula is C17H20N2OS. The highest BCUT2D eigenvalue weighted by atomic mass is 32.1. The van der Waals surface area contributed by atoms with Crippen LogP contribution in [-0.4, -0.2) is 11.7 Å². The van der Waals surface area contributed by atoms with Crippen LogP contribution in [0, 0.1) is 0 Å². The summed E-state index contributed by atoms with van der Waals surface area (Å²) in [5.74, 6) is 0.861. The molecule has 0 saturated carbocycles. The van der Waals surface area contributed by atoms with E-state index in [4.69, 9.17) is 17.0 Å². The van der Waals surface area contributed by atoms with Crippen LogP contribution in [0.5, 0.6) is 5.75 Å². The van der Waals surface area contributed by atoms with Crippen LogP contribution in [0.1, 0.15) is 25.5 Å². The molecule has 0 amide bonds. The Morgan fingerprint density at radius 3 is 2.38 bits per heavy atom. The van der Waals surface area contributed by atoms with Crippen LogP contribution >= 0.6 is 12.2 Å². The van der Waals surface area contributed by atoms with E-state index in [0.717, 1.165) is 11.4 Å². The predicted molar refractivity (Wildman–Crippen MR) is 91.8 cm³/mol. The molecule has 0 aliphatic rings. The largest absolute Gasteiger partial charge is 0.494 e. The van der Waals surface area contributed by atoms with Crippen molar-refractivity contribution in [2.45, 2.75) is 19.9 Å². The number of benzene rings is 2. The van der Waals surface area contributed by atoms with Crippen LogP contribution in [0.2, 0.25) is 0 Å². The van der Waals surface area contributed by atoms with Crippen molar-refractivity contribution < 1.29 is 4.74 Å². The molecule has 3 nitrogen and oxygen atoms in total. The minimum absolute atomic E-state index is 0.161. The Labute approximate surface area is 131 Å². The molecule has 0 bridgehead atoms. The second-order valence-corrected chi connectivity index (χ2v) is 5.10. The van der Waals surface area contributed by atoms with E-state index in [1.807, 2.05) is 49.4 Å². The lowest BCUT2D eigenvalue weighted by molar-refractivity contribution is 0.340. The second kappa shape index (κ2) is 7.64. The van der Waals surface area contributed by atoms with Gasteiger partial charge in [-0.05, 0) is 55.9 Å². The first-order valence-electron chi connectivity index (χ1n) is 7.04. The second-order valence-electron chi connectivity index (χ2n) is 4.69. The molecule has 0 aliphatic heterocycles. The standard InChI is InChI=1S/C17H20N2OS/c1-3-20-16-11-9-15(10-12-16)19-17(21)18-13(2)14-7-5-4-6-8-14/h4-13H,3H2,1-2H3,(H2,18,19,21)/t13-/m0/s1. The topological polar surface area (TPSA) is 33.3 Å². The molecule has 4 heteroatoms. The molecule has 110 valence electrons. The molecule has 0 unspecified atom stereocenters. The SMILES string of the molecule is CCOc1ccc(NC(=S)N[C@@H](C)c2ccccc2)cc1. The number of nitrogens with one attached hydrogen (secondary N) is 2. The molecule has 0 heterocycles. The van der Waals surface area contributed by atoms with Gasteiger partial charge >= 0.3 is 0 Å². The molecular weight excluding hydrogens is 280 g/mol. The fourth-order valence-corrected chi connectivity index (χ4v) is 2.28. The Bertz CT molecular complexity index is 569. The van der Waals surface area contributed by atoms with Gasteiger partial charge in [0.25, 0.3) is 0 Å². The smallest absolute Gasteiger partial charge is 0.171 e. The molecule has 21 heavy (non-hydrogen) atoms. The quantitative estimate of drug-likeness (QED) is 0.813. The lowest BCUT2D eigenvalue weighted by atomic mass is 10.1. The van der Waals surface area contributed by atoms with Crippen LogP contribution in [-0.2, 0) is 0 Å². The van der Waals surface area contributed by atoms with Gasteiger partial charge in [0, 0.05) is 5.69 Å². The minimum Gasteiger partial charge on any atom is -0.494 e. The van der Waals surface area contributed by atoms with Crippen molar-refractivity contribution in [1.29, 1.82) is 0 Å². The van der Waals surface area contributed by atoms with Gasteiger partial charge in [-0.3, -0.25) is 0 Å². The zero-order valence-corrected chi connectivity index (χ0v) is 13.1. The molecule has 0 aliphatic carbocycles. The van der Waals surface area contributed by atoms with Gasteiger partial charge in [0.05, 0.1) is 12.6 Å². The van der Waals surface area contributed by atoms with Crippen LogP contribution < -0.4 is 15.4 Å². The Kier molecular flexibility index (Phi) is 5.58. The van der Waals surface area contributed by atoms with E-state index in [2.05, 4.69) is 29.7 Å². The molecule has 0 radical (unpaired) electrons. The van der Waals surface area contributed by atoms with Crippen molar-refractivity contribution in [3.8, 4) is 5.75 Å². The first-order chi connectivity index (χ1) is 10.2. The predicted octanol–water partition coefficient (Wildman–Crippen LogP) is 4.13. The van der Waals surface area contributed by atoms with Crippen molar-refractivity contribution in [1.82, 2.24) is 5.32 Å². The van der Waals surface area contributed by atoms with Gasteiger partial charge < -0.3 is 15.4 Å². The Balaban J connectivity index is 1.89. The van der Waals surface area contributed by atoms with Gasteiger partial charge in [-0.25, -0.2) is 0 Å². The number of anilines is 1. The van der Waals surface area contributed by atoms with Crippen molar-refractivity contribution in [2.75, 3.05) is 11.9 Å². The van der Waals surface area contributed by atoms with Crippen LogP contribution in [0.4, 0.5) is 5.69 Å². The summed E-state index contributed by atoms with van der Waals surface area (Å²) in [5, 5.41) is 7.06. The van der Waals surface area contributed by atoms with Crippen LogP contribution in [0.15, 0.2) is 54.6 Å². The maximum atomic E-state index is 5.41. The third-order valence-corrected chi connectivity index (χ3v) is 3.29. The average Bonchev–Trinajstić information content (AvgIpc) is 2.50. The summed E-state index contributed by atoms with van der Waals surface area (Å²) in [6.45, 7) is 4.72. The van der Waals surface area contributed by atoms with Gasteiger partial charge in [0.2, 0.25) is 0 Å². The summed E-state index contributed by atoms with van der Waals surface area (Å²) in [6.07, 6.45) is 0. The number of rotatable bonds is 5. The Morgan fingerprint density at radius 2 is 1.76 bits per heavy atom. The lowest BCUT2D eigenvalue weighted by Gasteiger charge is -2.17. The van der Waals surface area contributed by atoms with E-state index in [1.165, 1.54) is 5.56 Å². The van der Waals surface area contributed by atoms with Gasteiger partial charge in [-0.15, -0.1) is 0 Å². The average molecular weight is 300 g/mol. The fraction of sp³-hybridized carbons (Fsp3) is 0.235. The van der Waals surface area contributed by atoms with E-state index in [0.29, 0.717) is 11.7 Å². The maximum absolute atomic E-state index is 5.41. The molecule has 2 N–H and O–H groups in total. The van der Waals surface area contributed by atoms with Gasteiger partial charge in [-0.1, -0.05) is 30.3 Å². The van der Waals surface area contributed by atoms with E-state index in [9.17, 15) is 0 Å². The molecule has 0 aromatic heterocycles. The summed E-state index contributed by atoms with van der Waals surface area (Å²) in [5.41, 5.74) is 2.14. The fourth-order valence-electron chi connectivity index (χ4n) is 1.99. The lowest BCUT2D eigenvalue weighted by Crippen LogP contribution is -2.30. The maximum Gasteiger partial charge on any atom is 0.171 e. The van der Waals surface area contributed by atoms with Gasteiger partial charge in [-0.2, -0.15) is 0 Å². The third kappa shape index (κ3) is 4.76. The summed E-state index contributed by atoms with van der Waals surface area (Å²) < 4.78 is 5.41. The molecule has 1 atom stereocenters. The van der Waals surface area contributed by atoms with E-state index in [1.54, 1.807) is 0 Å². The Morgan fingerprint density at radius 1 is 1.10 bits per heavy atom. The van der Waals surface area contributed by atoms with Gasteiger partial charge in [0.15, 0.2) is 5.11 Å². The van der Waals surface area contributed by atoms with E-state index >= 15 is 0 Å². The molecule has 0 spiro atoms. The monoisotopic (exact) mass is 300 g/mol. The van der Waals surface area contributed by atoms with Gasteiger partial charge in [0.1, 0.15) is 5.75 Å². The summed E-state index contributed by atoms with van der Waals surface area (Å²) in [4.78, 5) is 0. The zero-order valence-electron chi connectivity index (χ0n) is 12.3. The first kappa shape index (κ1) is 15.3. The minimum atomic E-state index is 0.161.